The molecule has 1 aromatic heterocycles. The maximum atomic E-state index is 11.1. The maximum absolute atomic E-state index is 11.1. The summed E-state index contributed by atoms with van der Waals surface area (Å²) in [4.78, 5) is 25.8. The van der Waals surface area contributed by atoms with Crippen LogP contribution in [0.1, 0.15) is 30.6 Å². The molecule has 0 aliphatic rings. The standard InChI is InChI=1S/C11H15N3O3/c1-3-11(2,10(16)17)14-8-5-4-7(6-13-8)9(12)15/h4-6H,3H2,1-2H3,(H2,12,15)(H,13,14)(H,16,17). The van der Waals surface area contributed by atoms with E-state index < -0.39 is 17.4 Å². The highest BCUT2D eigenvalue weighted by Crippen LogP contribution is 2.17. The summed E-state index contributed by atoms with van der Waals surface area (Å²) < 4.78 is 0. The molecule has 1 heterocycles. The Morgan fingerprint density at radius 3 is 2.53 bits per heavy atom. The van der Waals surface area contributed by atoms with Crippen LogP contribution < -0.4 is 11.1 Å². The molecule has 0 radical (unpaired) electrons. The molecule has 0 aromatic carbocycles. The monoisotopic (exact) mass is 237 g/mol. The molecule has 1 rings (SSSR count). The van der Waals surface area contributed by atoms with E-state index in [0.717, 1.165) is 0 Å². The van der Waals surface area contributed by atoms with Gasteiger partial charge in [0.25, 0.3) is 0 Å². The molecule has 17 heavy (non-hydrogen) atoms. The summed E-state index contributed by atoms with van der Waals surface area (Å²) in [6, 6.07) is 3.02. The lowest BCUT2D eigenvalue weighted by atomic mass is 9.99. The maximum Gasteiger partial charge on any atom is 0.329 e. The lowest BCUT2D eigenvalue weighted by Gasteiger charge is -2.25. The molecular weight excluding hydrogens is 222 g/mol. The van der Waals surface area contributed by atoms with Crippen LogP contribution in [0.15, 0.2) is 18.3 Å². The summed E-state index contributed by atoms with van der Waals surface area (Å²) >= 11 is 0. The van der Waals surface area contributed by atoms with Gasteiger partial charge in [-0.1, -0.05) is 6.92 Å². The van der Waals surface area contributed by atoms with Crippen LogP contribution in [0.4, 0.5) is 5.82 Å². The van der Waals surface area contributed by atoms with Crippen molar-refractivity contribution in [2.45, 2.75) is 25.8 Å². The van der Waals surface area contributed by atoms with Gasteiger partial charge in [0.05, 0.1) is 5.56 Å². The summed E-state index contributed by atoms with van der Waals surface area (Å²) in [5.41, 5.74) is 4.27. The molecule has 1 aromatic rings. The molecule has 92 valence electrons. The summed E-state index contributed by atoms with van der Waals surface area (Å²) in [7, 11) is 0. The van der Waals surface area contributed by atoms with Crippen molar-refractivity contribution in [3.05, 3.63) is 23.9 Å². The minimum Gasteiger partial charge on any atom is -0.480 e. The molecule has 6 heteroatoms. The molecule has 0 aliphatic carbocycles. The van der Waals surface area contributed by atoms with E-state index in [9.17, 15) is 9.59 Å². The molecule has 1 atom stereocenters. The van der Waals surface area contributed by atoms with Crippen molar-refractivity contribution in [1.82, 2.24) is 4.98 Å². The highest BCUT2D eigenvalue weighted by molar-refractivity contribution is 5.92. The normalized spacial score (nSPS) is 13.8. The van der Waals surface area contributed by atoms with E-state index in [2.05, 4.69) is 10.3 Å². The van der Waals surface area contributed by atoms with Crippen LogP contribution in [0.2, 0.25) is 0 Å². The Kier molecular flexibility index (Phi) is 3.67. The third-order valence-electron chi connectivity index (χ3n) is 2.63. The predicted molar refractivity (Wildman–Crippen MR) is 62.7 cm³/mol. The first-order valence-corrected chi connectivity index (χ1v) is 5.16. The number of hydrogen-bond donors (Lipinski definition) is 3. The molecule has 0 bridgehead atoms. The predicted octanol–water partition coefficient (Wildman–Crippen LogP) is 0.846. The van der Waals surface area contributed by atoms with Gasteiger partial charge in [-0.25, -0.2) is 9.78 Å². The quantitative estimate of drug-likeness (QED) is 0.703. The molecule has 0 fully saturated rings. The fourth-order valence-corrected chi connectivity index (χ4v) is 1.19. The number of carboxylic acids is 1. The van der Waals surface area contributed by atoms with Gasteiger partial charge in [0, 0.05) is 6.20 Å². The summed E-state index contributed by atoms with van der Waals surface area (Å²) in [5, 5.41) is 11.9. The number of hydrogen-bond acceptors (Lipinski definition) is 4. The number of anilines is 1. The number of carbonyl (C=O) groups is 2. The fourth-order valence-electron chi connectivity index (χ4n) is 1.19. The van der Waals surface area contributed by atoms with Crippen LogP contribution in [0.5, 0.6) is 0 Å². The van der Waals surface area contributed by atoms with Crippen LogP contribution in [-0.2, 0) is 4.79 Å². The van der Waals surface area contributed by atoms with Gasteiger partial charge >= 0.3 is 5.97 Å². The molecule has 1 amide bonds. The molecule has 4 N–H and O–H groups in total. The van der Waals surface area contributed by atoms with Gasteiger partial charge in [0.2, 0.25) is 5.91 Å². The molecule has 0 saturated carbocycles. The van der Waals surface area contributed by atoms with Gasteiger partial charge in [-0.15, -0.1) is 0 Å². The largest absolute Gasteiger partial charge is 0.480 e. The third-order valence-corrected chi connectivity index (χ3v) is 2.63. The van der Waals surface area contributed by atoms with E-state index in [1.54, 1.807) is 13.8 Å². The molecule has 6 nitrogen and oxygen atoms in total. The minimum absolute atomic E-state index is 0.282. The van der Waals surface area contributed by atoms with Crippen molar-refractivity contribution in [3.8, 4) is 0 Å². The van der Waals surface area contributed by atoms with Crippen molar-refractivity contribution < 1.29 is 14.7 Å². The zero-order valence-corrected chi connectivity index (χ0v) is 9.73. The second-order valence-electron chi connectivity index (χ2n) is 3.91. The highest BCUT2D eigenvalue weighted by atomic mass is 16.4. The van der Waals surface area contributed by atoms with E-state index in [4.69, 9.17) is 10.8 Å². The fraction of sp³-hybridized carbons (Fsp3) is 0.364. The number of primary amides is 1. The van der Waals surface area contributed by atoms with Gasteiger partial charge in [0.15, 0.2) is 0 Å². The number of aliphatic carboxylic acids is 1. The minimum atomic E-state index is -1.08. The van der Waals surface area contributed by atoms with Crippen molar-refractivity contribution in [1.29, 1.82) is 0 Å². The summed E-state index contributed by atoms with van der Waals surface area (Å²) in [6.07, 6.45) is 1.71. The second kappa shape index (κ2) is 4.82. The molecule has 0 spiro atoms. The van der Waals surface area contributed by atoms with Gasteiger partial charge < -0.3 is 16.2 Å². The number of nitrogens with two attached hydrogens (primary N) is 1. The molecule has 0 aliphatic heterocycles. The van der Waals surface area contributed by atoms with Crippen LogP contribution in [-0.4, -0.2) is 27.5 Å². The third kappa shape index (κ3) is 2.93. The van der Waals surface area contributed by atoms with Crippen LogP contribution >= 0.6 is 0 Å². The number of carboxylic acid groups (broad SMARTS) is 1. The Hall–Kier alpha value is -2.11. The average molecular weight is 237 g/mol. The Morgan fingerprint density at radius 2 is 2.18 bits per heavy atom. The first-order valence-electron chi connectivity index (χ1n) is 5.16. The zero-order chi connectivity index (χ0) is 13.1. The lowest BCUT2D eigenvalue weighted by Crippen LogP contribution is -2.42. The zero-order valence-electron chi connectivity index (χ0n) is 9.73. The number of carbonyl (C=O) groups excluding carboxylic acids is 1. The molecule has 1 unspecified atom stereocenters. The van der Waals surface area contributed by atoms with Crippen molar-refractivity contribution in [3.63, 3.8) is 0 Å². The first-order chi connectivity index (χ1) is 7.89. The van der Waals surface area contributed by atoms with Gasteiger partial charge in [0.1, 0.15) is 11.4 Å². The number of amides is 1. The van der Waals surface area contributed by atoms with E-state index in [-0.39, 0.29) is 5.56 Å². The van der Waals surface area contributed by atoms with Crippen molar-refractivity contribution in [2.24, 2.45) is 5.73 Å². The highest BCUT2D eigenvalue weighted by Gasteiger charge is 2.31. The molecular formula is C11H15N3O3. The Bertz CT molecular complexity index is 430. The van der Waals surface area contributed by atoms with Gasteiger partial charge in [-0.3, -0.25) is 4.79 Å². The SMILES string of the molecule is CCC(C)(Nc1ccc(C(N)=O)cn1)C(=O)O. The van der Waals surface area contributed by atoms with E-state index in [1.165, 1.54) is 18.3 Å². The second-order valence-corrected chi connectivity index (χ2v) is 3.91. The van der Waals surface area contributed by atoms with Crippen molar-refractivity contribution in [2.75, 3.05) is 5.32 Å². The van der Waals surface area contributed by atoms with Crippen LogP contribution in [0, 0.1) is 0 Å². The Balaban J connectivity index is 2.88. The smallest absolute Gasteiger partial charge is 0.329 e. The number of rotatable bonds is 5. The van der Waals surface area contributed by atoms with Gasteiger partial charge in [-0.2, -0.15) is 0 Å². The van der Waals surface area contributed by atoms with E-state index in [1.807, 2.05) is 0 Å². The molecule has 0 saturated heterocycles. The lowest BCUT2D eigenvalue weighted by molar-refractivity contribution is -0.141. The Labute approximate surface area is 98.8 Å². The number of nitrogens with zero attached hydrogens (tertiary/aromatic N) is 1. The van der Waals surface area contributed by atoms with E-state index >= 15 is 0 Å². The number of aromatic nitrogens is 1. The van der Waals surface area contributed by atoms with E-state index in [0.29, 0.717) is 12.2 Å². The van der Waals surface area contributed by atoms with Crippen molar-refractivity contribution >= 4 is 17.7 Å². The van der Waals surface area contributed by atoms with Crippen LogP contribution in [0.25, 0.3) is 0 Å². The first kappa shape index (κ1) is 13.0. The topological polar surface area (TPSA) is 105 Å². The van der Waals surface area contributed by atoms with Crippen LogP contribution in [0.3, 0.4) is 0 Å². The number of nitrogens with one attached hydrogen (secondary N) is 1. The summed E-state index contributed by atoms with van der Waals surface area (Å²) in [5.74, 6) is -1.14. The van der Waals surface area contributed by atoms with Gasteiger partial charge in [-0.05, 0) is 25.5 Å². The Morgan fingerprint density at radius 1 is 1.53 bits per heavy atom. The average Bonchev–Trinajstić information content (AvgIpc) is 2.29. The number of pyridine rings is 1. The summed E-state index contributed by atoms with van der Waals surface area (Å²) in [6.45, 7) is 3.33.